The normalized spacial score (nSPS) is 21.1. The molecule has 0 radical (unpaired) electrons. The number of hydrogen-bond acceptors (Lipinski definition) is 3. The molecule has 2 amide bonds. The Hall–Kier alpha value is -1.56. The maximum Gasteiger partial charge on any atom is 0.337 e. The van der Waals surface area contributed by atoms with Crippen LogP contribution in [0.5, 0.6) is 0 Å². The van der Waals surface area contributed by atoms with Gasteiger partial charge in [-0.3, -0.25) is 0 Å². The molecule has 1 saturated heterocycles. The number of amides is 2. The smallest absolute Gasteiger partial charge is 0.337 e. The van der Waals surface area contributed by atoms with Gasteiger partial charge in [0.2, 0.25) is 0 Å². The van der Waals surface area contributed by atoms with Crippen molar-refractivity contribution in [3.8, 4) is 0 Å². The molecule has 118 valence electrons. The second-order valence-corrected chi connectivity index (χ2v) is 5.68. The van der Waals surface area contributed by atoms with E-state index in [4.69, 9.17) is 4.74 Å². The third kappa shape index (κ3) is 4.74. The maximum absolute atomic E-state index is 12.0. The van der Waals surface area contributed by atoms with Crippen molar-refractivity contribution < 1.29 is 19.2 Å². The molecule has 0 atom stereocenters. The van der Waals surface area contributed by atoms with Gasteiger partial charge in [0, 0.05) is 0 Å². The first-order chi connectivity index (χ1) is 10.2. The minimum Gasteiger partial charge on any atom is -0.463 e. The van der Waals surface area contributed by atoms with Crippen molar-refractivity contribution in [3.63, 3.8) is 0 Å². The summed E-state index contributed by atoms with van der Waals surface area (Å²) in [6.07, 6.45) is 6.31. The lowest BCUT2D eigenvalue weighted by molar-refractivity contribution is -0.896. The number of quaternary nitrogens is 1. The summed E-state index contributed by atoms with van der Waals surface area (Å²) in [6, 6.07) is -0.232. The summed E-state index contributed by atoms with van der Waals surface area (Å²) in [4.78, 5) is 25.0. The molecule has 6 heteroatoms. The summed E-state index contributed by atoms with van der Waals surface area (Å²) in [5, 5.41) is 5.44. The van der Waals surface area contributed by atoms with E-state index in [1.54, 1.807) is 6.92 Å². The maximum atomic E-state index is 12.0. The van der Waals surface area contributed by atoms with Crippen LogP contribution in [0.15, 0.2) is 11.3 Å². The Balaban J connectivity index is 2.06. The fourth-order valence-electron chi connectivity index (χ4n) is 2.93. The van der Waals surface area contributed by atoms with E-state index in [-0.39, 0.29) is 18.5 Å². The Kier molecular flexibility index (Phi) is 6.04. The Labute approximate surface area is 125 Å². The molecule has 0 spiro atoms. The molecule has 2 heterocycles. The molecule has 3 N–H and O–H groups in total. The van der Waals surface area contributed by atoms with Crippen LogP contribution >= 0.6 is 0 Å². The molecule has 0 bridgehead atoms. The predicted octanol–water partition coefficient (Wildman–Crippen LogP) is -0.0346. The van der Waals surface area contributed by atoms with Crippen molar-refractivity contribution in [1.82, 2.24) is 10.6 Å². The number of carbonyl (C=O) groups is 2. The van der Waals surface area contributed by atoms with Gasteiger partial charge >= 0.3 is 12.0 Å². The van der Waals surface area contributed by atoms with Gasteiger partial charge < -0.3 is 20.3 Å². The Morgan fingerprint density at radius 1 is 1.19 bits per heavy atom. The van der Waals surface area contributed by atoms with Gasteiger partial charge in [0.15, 0.2) is 0 Å². The van der Waals surface area contributed by atoms with E-state index in [1.165, 1.54) is 37.0 Å². The first kappa shape index (κ1) is 15.8. The molecule has 1 fully saturated rings. The minimum atomic E-state index is -0.327. The first-order valence-electron chi connectivity index (χ1n) is 7.98. The fourth-order valence-corrected chi connectivity index (χ4v) is 2.93. The molecule has 6 nitrogen and oxygen atoms in total. The molecule has 2 rings (SSSR count). The van der Waals surface area contributed by atoms with E-state index in [0.717, 1.165) is 18.8 Å². The summed E-state index contributed by atoms with van der Waals surface area (Å²) in [5.74, 6) is -0.327. The van der Waals surface area contributed by atoms with Crippen molar-refractivity contribution in [3.05, 3.63) is 11.3 Å². The van der Waals surface area contributed by atoms with Crippen molar-refractivity contribution in [2.45, 2.75) is 39.0 Å². The number of likely N-dealkylation sites (tertiary alicyclic amines) is 1. The summed E-state index contributed by atoms with van der Waals surface area (Å²) < 4.78 is 5.08. The Morgan fingerprint density at radius 3 is 2.52 bits per heavy atom. The van der Waals surface area contributed by atoms with Crippen LogP contribution in [0.4, 0.5) is 4.79 Å². The summed E-state index contributed by atoms with van der Waals surface area (Å²) >= 11 is 0. The SMILES string of the molecule is CCOC(=O)C1=C(C[NH+]2CCCCCCC2)NC(=O)NC1. The number of hydrogen-bond donors (Lipinski definition) is 3. The lowest BCUT2D eigenvalue weighted by Gasteiger charge is -2.26. The largest absolute Gasteiger partial charge is 0.463 e. The van der Waals surface area contributed by atoms with Gasteiger partial charge in [0.1, 0.15) is 6.54 Å². The molecule has 0 aromatic carbocycles. The van der Waals surface area contributed by atoms with Crippen LogP contribution in [0, 0.1) is 0 Å². The van der Waals surface area contributed by atoms with Crippen molar-refractivity contribution in [2.75, 3.05) is 32.8 Å². The highest BCUT2D eigenvalue weighted by Gasteiger charge is 2.26. The average molecular weight is 296 g/mol. The van der Waals surface area contributed by atoms with Gasteiger partial charge in [-0.15, -0.1) is 0 Å². The van der Waals surface area contributed by atoms with Gasteiger partial charge in [-0.25, -0.2) is 9.59 Å². The van der Waals surface area contributed by atoms with Crippen molar-refractivity contribution in [2.24, 2.45) is 0 Å². The van der Waals surface area contributed by atoms with Crippen molar-refractivity contribution >= 4 is 12.0 Å². The van der Waals surface area contributed by atoms with Crippen LogP contribution in [0.1, 0.15) is 39.0 Å². The molecular weight excluding hydrogens is 270 g/mol. The van der Waals surface area contributed by atoms with E-state index in [1.807, 2.05) is 0 Å². The highest BCUT2D eigenvalue weighted by Crippen LogP contribution is 2.07. The van der Waals surface area contributed by atoms with Crippen LogP contribution in [-0.2, 0) is 9.53 Å². The number of nitrogens with one attached hydrogen (secondary N) is 3. The molecule has 0 aliphatic carbocycles. The molecule has 0 saturated carbocycles. The third-order valence-electron chi connectivity index (χ3n) is 4.06. The highest BCUT2D eigenvalue weighted by molar-refractivity contribution is 5.93. The van der Waals surface area contributed by atoms with Crippen LogP contribution in [0.3, 0.4) is 0 Å². The zero-order valence-electron chi connectivity index (χ0n) is 12.8. The lowest BCUT2D eigenvalue weighted by Crippen LogP contribution is -3.12. The molecular formula is C15H26N3O3+. The average Bonchev–Trinajstić information content (AvgIpc) is 2.42. The zero-order chi connectivity index (χ0) is 15.1. The molecule has 0 unspecified atom stereocenters. The second kappa shape index (κ2) is 8.02. The molecule has 0 aromatic heterocycles. The Morgan fingerprint density at radius 2 is 1.86 bits per heavy atom. The summed E-state index contributed by atoms with van der Waals surface area (Å²) in [5.41, 5.74) is 1.29. The quantitative estimate of drug-likeness (QED) is 0.638. The van der Waals surface area contributed by atoms with Crippen LogP contribution in [0.25, 0.3) is 0 Å². The van der Waals surface area contributed by atoms with Gasteiger partial charge in [0.25, 0.3) is 0 Å². The highest BCUT2D eigenvalue weighted by atomic mass is 16.5. The van der Waals surface area contributed by atoms with E-state index >= 15 is 0 Å². The fraction of sp³-hybridized carbons (Fsp3) is 0.733. The number of ether oxygens (including phenoxy) is 1. The molecule has 0 aromatic rings. The lowest BCUT2D eigenvalue weighted by atomic mass is 10.1. The van der Waals surface area contributed by atoms with E-state index in [2.05, 4.69) is 10.6 Å². The van der Waals surface area contributed by atoms with Gasteiger partial charge in [-0.2, -0.15) is 0 Å². The summed E-state index contributed by atoms with van der Waals surface area (Å²) in [6.45, 7) is 5.29. The van der Waals surface area contributed by atoms with E-state index in [9.17, 15) is 9.59 Å². The number of urea groups is 1. The summed E-state index contributed by atoms with van der Waals surface area (Å²) in [7, 11) is 0. The van der Waals surface area contributed by atoms with Crippen LogP contribution in [-0.4, -0.2) is 44.8 Å². The monoisotopic (exact) mass is 296 g/mol. The topological polar surface area (TPSA) is 71.9 Å². The Bertz CT molecular complexity index is 412. The molecule has 21 heavy (non-hydrogen) atoms. The standard InChI is InChI=1S/C15H25N3O3/c1-2-21-14(19)12-10-16-15(20)17-13(12)11-18-8-6-4-3-5-7-9-18/h2-11H2,1H3,(H2,16,17,20)/p+1. The van der Waals surface area contributed by atoms with Gasteiger partial charge in [-0.05, 0) is 32.6 Å². The number of esters is 1. The zero-order valence-corrected chi connectivity index (χ0v) is 12.8. The van der Waals surface area contributed by atoms with Crippen LogP contribution in [0.2, 0.25) is 0 Å². The second-order valence-electron chi connectivity index (χ2n) is 5.68. The third-order valence-corrected chi connectivity index (χ3v) is 4.06. The molecule has 2 aliphatic rings. The minimum absolute atomic E-state index is 0.232. The van der Waals surface area contributed by atoms with E-state index < -0.39 is 0 Å². The number of rotatable bonds is 4. The van der Waals surface area contributed by atoms with Gasteiger partial charge in [0.05, 0.1) is 37.5 Å². The van der Waals surface area contributed by atoms with Gasteiger partial charge in [-0.1, -0.05) is 6.42 Å². The van der Waals surface area contributed by atoms with Crippen molar-refractivity contribution in [1.29, 1.82) is 0 Å². The first-order valence-corrected chi connectivity index (χ1v) is 7.98. The molecule has 2 aliphatic heterocycles. The predicted molar refractivity (Wildman–Crippen MR) is 78.8 cm³/mol. The van der Waals surface area contributed by atoms with Crippen LogP contribution < -0.4 is 15.5 Å². The number of carbonyl (C=O) groups excluding carboxylic acids is 2. The van der Waals surface area contributed by atoms with E-state index in [0.29, 0.717) is 18.7 Å².